The highest BCUT2D eigenvalue weighted by Crippen LogP contribution is 2.19. The van der Waals surface area contributed by atoms with Crippen LogP contribution in [0, 0.1) is 0 Å². The Labute approximate surface area is 114 Å². The lowest BCUT2D eigenvalue weighted by Gasteiger charge is -2.17. The SMILES string of the molecule is COCCCNC(=O)c1cc(N2CCCC2)ccn1. The van der Waals surface area contributed by atoms with Crippen molar-refractivity contribution in [2.75, 3.05) is 38.3 Å². The standard InChI is InChI=1S/C14H21N3O2/c1-19-10-4-6-16-14(18)13-11-12(5-7-15-13)17-8-2-3-9-17/h5,7,11H,2-4,6,8-10H2,1H3,(H,16,18). The van der Waals surface area contributed by atoms with Crippen LogP contribution >= 0.6 is 0 Å². The average Bonchev–Trinajstić information content (AvgIpc) is 2.98. The quantitative estimate of drug-likeness (QED) is 0.789. The zero-order valence-corrected chi connectivity index (χ0v) is 11.4. The normalized spacial score (nSPS) is 14.7. The number of nitrogens with one attached hydrogen (secondary N) is 1. The summed E-state index contributed by atoms with van der Waals surface area (Å²) >= 11 is 0. The minimum absolute atomic E-state index is 0.114. The van der Waals surface area contributed by atoms with Crippen molar-refractivity contribution in [1.29, 1.82) is 0 Å². The summed E-state index contributed by atoms with van der Waals surface area (Å²) in [7, 11) is 1.66. The Morgan fingerprint density at radius 1 is 1.47 bits per heavy atom. The Hall–Kier alpha value is -1.62. The molecule has 0 radical (unpaired) electrons. The van der Waals surface area contributed by atoms with E-state index in [1.54, 1.807) is 13.3 Å². The summed E-state index contributed by atoms with van der Waals surface area (Å²) in [5.41, 5.74) is 1.58. The van der Waals surface area contributed by atoms with E-state index in [2.05, 4.69) is 15.2 Å². The molecule has 1 amide bonds. The molecule has 2 heterocycles. The third-order valence-electron chi connectivity index (χ3n) is 3.26. The Bertz CT molecular complexity index is 417. The Morgan fingerprint density at radius 2 is 2.26 bits per heavy atom. The number of aromatic nitrogens is 1. The first kappa shape index (κ1) is 13.8. The van der Waals surface area contributed by atoms with Crippen LogP contribution in [-0.2, 0) is 4.74 Å². The van der Waals surface area contributed by atoms with E-state index in [0.717, 1.165) is 25.2 Å². The molecule has 0 atom stereocenters. The topological polar surface area (TPSA) is 54.5 Å². The molecule has 0 aromatic carbocycles. The van der Waals surface area contributed by atoms with E-state index in [9.17, 15) is 4.79 Å². The van der Waals surface area contributed by atoms with Gasteiger partial charge in [-0.3, -0.25) is 9.78 Å². The van der Waals surface area contributed by atoms with E-state index >= 15 is 0 Å². The van der Waals surface area contributed by atoms with Crippen LogP contribution in [0.4, 0.5) is 5.69 Å². The van der Waals surface area contributed by atoms with E-state index in [4.69, 9.17) is 4.74 Å². The molecule has 0 spiro atoms. The number of rotatable bonds is 6. The van der Waals surface area contributed by atoms with Crippen molar-refractivity contribution in [3.8, 4) is 0 Å². The Balaban J connectivity index is 1.92. The summed E-state index contributed by atoms with van der Waals surface area (Å²) in [6, 6.07) is 3.84. The number of amides is 1. The number of hydrogen-bond acceptors (Lipinski definition) is 4. The van der Waals surface area contributed by atoms with Gasteiger partial charge in [-0.15, -0.1) is 0 Å². The molecule has 19 heavy (non-hydrogen) atoms. The minimum atomic E-state index is -0.114. The molecule has 104 valence electrons. The second-order valence-electron chi connectivity index (χ2n) is 4.70. The fraction of sp³-hybridized carbons (Fsp3) is 0.571. The molecule has 1 saturated heterocycles. The molecule has 5 heteroatoms. The van der Waals surface area contributed by atoms with Crippen molar-refractivity contribution in [1.82, 2.24) is 10.3 Å². The molecule has 5 nitrogen and oxygen atoms in total. The summed E-state index contributed by atoms with van der Waals surface area (Å²) in [6.45, 7) is 3.40. The first-order valence-electron chi connectivity index (χ1n) is 6.79. The largest absolute Gasteiger partial charge is 0.385 e. The van der Waals surface area contributed by atoms with Crippen LogP contribution in [0.25, 0.3) is 0 Å². The number of ether oxygens (including phenoxy) is 1. The molecular weight excluding hydrogens is 242 g/mol. The molecule has 0 bridgehead atoms. The summed E-state index contributed by atoms with van der Waals surface area (Å²) in [6.07, 6.45) is 4.97. The van der Waals surface area contributed by atoms with Gasteiger partial charge in [-0.1, -0.05) is 0 Å². The number of pyridine rings is 1. The molecule has 1 fully saturated rings. The van der Waals surface area contributed by atoms with Crippen LogP contribution in [0.5, 0.6) is 0 Å². The summed E-state index contributed by atoms with van der Waals surface area (Å²) in [5.74, 6) is -0.114. The third kappa shape index (κ3) is 3.92. The molecular formula is C14H21N3O2. The van der Waals surface area contributed by atoms with Gasteiger partial charge in [0.05, 0.1) is 0 Å². The number of anilines is 1. The summed E-state index contributed by atoms with van der Waals surface area (Å²) in [5, 5.41) is 2.85. The maximum Gasteiger partial charge on any atom is 0.269 e. The molecule has 1 aliphatic heterocycles. The molecule has 1 aliphatic rings. The van der Waals surface area contributed by atoms with Crippen LogP contribution in [0.15, 0.2) is 18.3 Å². The third-order valence-corrected chi connectivity index (χ3v) is 3.26. The predicted molar refractivity (Wildman–Crippen MR) is 74.5 cm³/mol. The van der Waals surface area contributed by atoms with E-state index in [-0.39, 0.29) is 5.91 Å². The molecule has 0 unspecified atom stereocenters. The smallest absolute Gasteiger partial charge is 0.269 e. The van der Waals surface area contributed by atoms with Crippen molar-refractivity contribution in [3.63, 3.8) is 0 Å². The van der Waals surface area contributed by atoms with Gasteiger partial charge in [0.15, 0.2) is 0 Å². The Morgan fingerprint density at radius 3 is 3.00 bits per heavy atom. The summed E-state index contributed by atoms with van der Waals surface area (Å²) < 4.78 is 4.94. The van der Waals surface area contributed by atoms with Gasteiger partial charge in [0.1, 0.15) is 5.69 Å². The number of hydrogen-bond donors (Lipinski definition) is 1. The minimum Gasteiger partial charge on any atom is -0.385 e. The van der Waals surface area contributed by atoms with Crippen LogP contribution in [0.1, 0.15) is 29.8 Å². The highest BCUT2D eigenvalue weighted by molar-refractivity contribution is 5.93. The van der Waals surface area contributed by atoms with E-state index in [1.807, 2.05) is 12.1 Å². The second kappa shape index (κ2) is 7.09. The number of nitrogens with zero attached hydrogens (tertiary/aromatic N) is 2. The molecule has 1 N–H and O–H groups in total. The molecule has 1 aromatic rings. The van der Waals surface area contributed by atoms with Gasteiger partial charge in [0, 0.05) is 45.2 Å². The molecule has 1 aromatic heterocycles. The maximum atomic E-state index is 11.9. The predicted octanol–water partition coefficient (Wildman–Crippen LogP) is 1.45. The van der Waals surface area contributed by atoms with Crippen LogP contribution in [0.2, 0.25) is 0 Å². The van der Waals surface area contributed by atoms with Gasteiger partial charge >= 0.3 is 0 Å². The van der Waals surface area contributed by atoms with Crippen LogP contribution < -0.4 is 10.2 Å². The molecule has 2 rings (SSSR count). The van der Waals surface area contributed by atoms with Crippen molar-refractivity contribution in [2.24, 2.45) is 0 Å². The van der Waals surface area contributed by atoms with Crippen molar-refractivity contribution in [2.45, 2.75) is 19.3 Å². The lowest BCUT2D eigenvalue weighted by Crippen LogP contribution is -2.26. The zero-order valence-electron chi connectivity index (χ0n) is 11.4. The van der Waals surface area contributed by atoms with Crippen LogP contribution in [-0.4, -0.2) is 44.2 Å². The van der Waals surface area contributed by atoms with Gasteiger partial charge in [-0.2, -0.15) is 0 Å². The maximum absolute atomic E-state index is 11.9. The van der Waals surface area contributed by atoms with Gasteiger partial charge in [0.2, 0.25) is 0 Å². The lowest BCUT2D eigenvalue weighted by atomic mass is 10.2. The second-order valence-corrected chi connectivity index (χ2v) is 4.70. The van der Waals surface area contributed by atoms with Crippen molar-refractivity contribution < 1.29 is 9.53 Å². The van der Waals surface area contributed by atoms with E-state index < -0.39 is 0 Å². The van der Waals surface area contributed by atoms with E-state index in [0.29, 0.717) is 18.8 Å². The van der Waals surface area contributed by atoms with Crippen LogP contribution in [0.3, 0.4) is 0 Å². The van der Waals surface area contributed by atoms with Crippen molar-refractivity contribution in [3.05, 3.63) is 24.0 Å². The van der Waals surface area contributed by atoms with E-state index in [1.165, 1.54) is 12.8 Å². The van der Waals surface area contributed by atoms with Gasteiger partial charge in [-0.05, 0) is 31.4 Å². The average molecular weight is 263 g/mol. The lowest BCUT2D eigenvalue weighted by molar-refractivity contribution is 0.0943. The number of carbonyl (C=O) groups excluding carboxylic acids is 1. The zero-order chi connectivity index (χ0) is 13.5. The molecule has 0 aliphatic carbocycles. The fourth-order valence-corrected chi connectivity index (χ4v) is 2.22. The monoisotopic (exact) mass is 263 g/mol. The fourth-order valence-electron chi connectivity index (χ4n) is 2.22. The van der Waals surface area contributed by atoms with Gasteiger partial charge < -0.3 is 15.0 Å². The highest BCUT2D eigenvalue weighted by Gasteiger charge is 2.14. The Kier molecular flexibility index (Phi) is 5.15. The molecule has 0 saturated carbocycles. The van der Waals surface area contributed by atoms with Crippen molar-refractivity contribution >= 4 is 11.6 Å². The van der Waals surface area contributed by atoms with Gasteiger partial charge in [-0.25, -0.2) is 0 Å². The van der Waals surface area contributed by atoms with Gasteiger partial charge in [0.25, 0.3) is 5.91 Å². The number of carbonyl (C=O) groups is 1. The first-order valence-corrected chi connectivity index (χ1v) is 6.79. The summed E-state index contributed by atoms with van der Waals surface area (Å²) in [4.78, 5) is 18.4. The number of methoxy groups -OCH3 is 1. The highest BCUT2D eigenvalue weighted by atomic mass is 16.5. The first-order chi connectivity index (χ1) is 9.31.